The standard InChI is InChI=1S/C16H19BrN4O/c1-11-4-5-12(9-14(11)17)20-15-6-7-18-16(21-15)19-10-13-3-2-8-22-13/h4-7,9,13H,2-3,8,10H2,1H3,(H2,18,19,20,21). The molecule has 2 aromatic rings. The van der Waals surface area contributed by atoms with Crippen LogP contribution in [0.3, 0.4) is 0 Å². The van der Waals surface area contributed by atoms with Gasteiger partial charge < -0.3 is 15.4 Å². The molecule has 1 unspecified atom stereocenters. The van der Waals surface area contributed by atoms with Crippen molar-refractivity contribution in [1.82, 2.24) is 9.97 Å². The fraction of sp³-hybridized carbons (Fsp3) is 0.375. The normalized spacial score (nSPS) is 17.5. The van der Waals surface area contributed by atoms with Crippen LogP contribution in [0.4, 0.5) is 17.5 Å². The Morgan fingerprint density at radius 2 is 2.27 bits per heavy atom. The first-order valence-corrected chi connectivity index (χ1v) is 8.22. The summed E-state index contributed by atoms with van der Waals surface area (Å²) in [5.41, 5.74) is 2.19. The molecule has 6 heteroatoms. The van der Waals surface area contributed by atoms with Crippen molar-refractivity contribution < 1.29 is 4.74 Å². The average Bonchev–Trinajstić information content (AvgIpc) is 3.03. The third-order valence-electron chi connectivity index (χ3n) is 3.61. The summed E-state index contributed by atoms with van der Waals surface area (Å²) in [5, 5.41) is 6.52. The van der Waals surface area contributed by atoms with Crippen LogP contribution in [0.15, 0.2) is 34.9 Å². The number of nitrogens with zero attached hydrogens (tertiary/aromatic N) is 2. The average molecular weight is 363 g/mol. The van der Waals surface area contributed by atoms with Crippen LogP contribution >= 0.6 is 15.9 Å². The van der Waals surface area contributed by atoms with E-state index in [1.165, 1.54) is 5.56 Å². The highest BCUT2D eigenvalue weighted by molar-refractivity contribution is 9.10. The molecule has 5 nitrogen and oxygen atoms in total. The lowest BCUT2D eigenvalue weighted by atomic mass is 10.2. The zero-order chi connectivity index (χ0) is 15.4. The number of halogens is 1. The number of ether oxygens (including phenoxy) is 1. The van der Waals surface area contributed by atoms with E-state index in [-0.39, 0.29) is 6.10 Å². The van der Waals surface area contributed by atoms with Gasteiger partial charge in [0.15, 0.2) is 0 Å². The van der Waals surface area contributed by atoms with E-state index < -0.39 is 0 Å². The van der Waals surface area contributed by atoms with Crippen molar-refractivity contribution in [3.05, 3.63) is 40.5 Å². The van der Waals surface area contributed by atoms with E-state index in [0.717, 1.165) is 42.0 Å². The Balaban J connectivity index is 1.63. The summed E-state index contributed by atoms with van der Waals surface area (Å²) < 4.78 is 6.66. The Bertz CT molecular complexity index is 644. The minimum atomic E-state index is 0.272. The number of aryl methyl sites for hydroxylation is 1. The number of nitrogens with one attached hydrogen (secondary N) is 2. The largest absolute Gasteiger partial charge is 0.376 e. The fourth-order valence-electron chi connectivity index (χ4n) is 2.34. The van der Waals surface area contributed by atoms with E-state index in [9.17, 15) is 0 Å². The highest BCUT2D eigenvalue weighted by Gasteiger charge is 2.15. The molecule has 1 aromatic carbocycles. The molecule has 0 spiro atoms. The van der Waals surface area contributed by atoms with Crippen molar-refractivity contribution in [3.63, 3.8) is 0 Å². The molecule has 3 rings (SSSR count). The van der Waals surface area contributed by atoms with Crippen molar-refractivity contribution >= 4 is 33.4 Å². The maximum absolute atomic E-state index is 5.59. The van der Waals surface area contributed by atoms with Gasteiger partial charge in [0.25, 0.3) is 0 Å². The molecule has 2 heterocycles. The molecule has 1 aliphatic heterocycles. The summed E-state index contributed by atoms with van der Waals surface area (Å²) in [5.74, 6) is 1.38. The van der Waals surface area contributed by atoms with E-state index in [1.54, 1.807) is 6.20 Å². The van der Waals surface area contributed by atoms with Crippen molar-refractivity contribution in [2.75, 3.05) is 23.8 Å². The monoisotopic (exact) mass is 362 g/mol. The van der Waals surface area contributed by atoms with Crippen LogP contribution in [0.5, 0.6) is 0 Å². The molecule has 0 radical (unpaired) electrons. The first-order chi connectivity index (χ1) is 10.7. The van der Waals surface area contributed by atoms with Crippen LogP contribution in [-0.4, -0.2) is 29.2 Å². The van der Waals surface area contributed by atoms with Gasteiger partial charge in [-0.25, -0.2) is 4.98 Å². The van der Waals surface area contributed by atoms with Gasteiger partial charge in [-0.15, -0.1) is 0 Å². The molecule has 116 valence electrons. The van der Waals surface area contributed by atoms with Crippen molar-refractivity contribution in [2.24, 2.45) is 0 Å². The lowest BCUT2D eigenvalue weighted by Gasteiger charge is -2.12. The van der Waals surface area contributed by atoms with Gasteiger partial charge in [0, 0.05) is 29.5 Å². The van der Waals surface area contributed by atoms with Gasteiger partial charge in [0.05, 0.1) is 6.10 Å². The topological polar surface area (TPSA) is 59.1 Å². The fourth-order valence-corrected chi connectivity index (χ4v) is 2.72. The molecule has 2 N–H and O–H groups in total. The summed E-state index contributed by atoms with van der Waals surface area (Å²) in [6.07, 6.45) is 4.25. The molecular weight excluding hydrogens is 344 g/mol. The van der Waals surface area contributed by atoms with Crippen LogP contribution in [-0.2, 0) is 4.74 Å². The van der Waals surface area contributed by atoms with Crippen LogP contribution in [0, 0.1) is 6.92 Å². The Kier molecular flexibility index (Phi) is 4.90. The molecular formula is C16H19BrN4O. The van der Waals surface area contributed by atoms with Crippen LogP contribution < -0.4 is 10.6 Å². The maximum atomic E-state index is 5.59. The van der Waals surface area contributed by atoms with Crippen molar-refractivity contribution in [3.8, 4) is 0 Å². The minimum Gasteiger partial charge on any atom is -0.376 e. The molecule has 1 fully saturated rings. The summed E-state index contributed by atoms with van der Waals surface area (Å²) in [7, 11) is 0. The van der Waals surface area contributed by atoms with Crippen LogP contribution in [0.1, 0.15) is 18.4 Å². The summed E-state index contributed by atoms with van der Waals surface area (Å²) in [6.45, 7) is 3.67. The van der Waals surface area contributed by atoms with Gasteiger partial charge >= 0.3 is 0 Å². The van der Waals surface area contributed by atoms with Gasteiger partial charge in [-0.3, -0.25) is 0 Å². The zero-order valence-electron chi connectivity index (χ0n) is 12.5. The molecule has 0 aliphatic carbocycles. The zero-order valence-corrected chi connectivity index (χ0v) is 14.1. The quantitative estimate of drug-likeness (QED) is 0.844. The highest BCUT2D eigenvalue weighted by atomic mass is 79.9. The molecule has 1 saturated heterocycles. The second-order valence-electron chi connectivity index (χ2n) is 5.37. The first kappa shape index (κ1) is 15.2. The number of rotatable bonds is 5. The van der Waals surface area contributed by atoms with Crippen molar-refractivity contribution in [1.29, 1.82) is 0 Å². The minimum absolute atomic E-state index is 0.272. The molecule has 0 amide bonds. The molecule has 22 heavy (non-hydrogen) atoms. The van der Waals surface area contributed by atoms with E-state index in [1.807, 2.05) is 18.2 Å². The Morgan fingerprint density at radius 3 is 3.05 bits per heavy atom. The predicted molar refractivity (Wildman–Crippen MR) is 91.7 cm³/mol. The number of hydrogen-bond donors (Lipinski definition) is 2. The second kappa shape index (κ2) is 7.07. The van der Waals surface area contributed by atoms with Crippen molar-refractivity contribution in [2.45, 2.75) is 25.9 Å². The Morgan fingerprint density at radius 1 is 1.36 bits per heavy atom. The molecule has 0 saturated carbocycles. The Hall–Kier alpha value is -1.66. The molecule has 1 aliphatic rings. The lowest BCUT2D eigenvalue weighted by molar-refractivity contribution is 0.120. The highest BCUT2D eigenvalue weighted by Crippen LogP contribution is 2.23. The number of hydrogen-bond acceptors (Lipinski definition) is 5. The van der Waals surface area contributed by atoms with E-state index in [0.29, 0.717) is 5.95 Å². The summed E-state index contributed by atoms with van der Waals surface area (Å²) in [6, 6.07) is 7.98. The Labute approximate surface area is 138 Å². The second-order valence-corrected chi connectivity index (χ2v) is 6.22. The predicted octanol–water partition coefficient (Wildman–Crippen LogP) is 3.88. The van der Waals surface area contributed by atoms with Crippen LogP contribution in [0.25, 0.3) is 0 Å². The molecule has 1 atom stereocenters. The molecule has 0 bridgehead atoms. The first-order valence-electron chi connectivity index (χ1n) is 7.42. The van der Waals surface area contributed by atoms with Gasteiger partial charge in [0.2, 0.25) is 5.95 Å². The maximum Gasteiger partial charge on any atom is 0.224 e. The lowest BCUT2D eigenvalue weighted by Crippen LogP contribution is -2.19. The summed E-state index contributed by atoms with van der Waals surface area (Å²) in [4.78, 5) is 8.72. The SMILES string of the molecule is Cc1ccc(Nc2ccnc(NCC3CCCO3)n2)cc1Br. The van der Waals surface area contributed by atoms with E-state index >= 15 is 0 Å². The van der Waals surface area contributed by atoms with Gasteiger partial charge in [-0.1, -0.05) is 22.0 Å². The molecule has 1 aromatic heterocycles. The smallest absolute Gasteiger partial charge is 0.224 e. The number of aromatic nitrogens is 2. The van der Waals surface area contributed by atoms with Gasteiger partial charge in [-0.05, 0) is 43.5 Å². The third kappa shape index (κ3) is 3.96. The van der Waals surface area contributed by atoms with Gasteiger partial charge in [-0.2, -0.15) is 4.98 Å². The number of benzene rings is 1. The van der Waals surface area contributed by atoms with Gasteiger partial charge in [0.1, 0.15) is 5.82 Å². The van der Waals surface area contributed by atoms with E-state index in [2.05, 4.69) is 49.5 Å². The van der Waals surface area contributed by atoms with E-state index in [4.69, 9.17) is 4.74 Å². The van der Waals surface area contributed by atoms with Crippen LogP contribution in [0.2, 0.25) is 0 Å². The summed E-state index contributed by atoms with van der Waals surface area (Å²) >= 11 is 3.54. The third-order valence-corrected chi connectivity index (χ3v) is 4.47. The number of anilines is 3.